The van der Waals surface area contributed by atoms with Gasteiger partial charge in [0.15, 0.2) is 0 Å². The summed E-state index contributed by atoms with van der Waals surface area (Å²) in [7, 11) is -2.69. The Hall–Kier alpha value is -1.75. The highest BCUT2D eigenvalue weighted by Gasteiger charge is 2.28. The Balaban J connectivity index is 0.00000312. The van der Waals surface area contributed by atoms with Crippen LogP contribution in [0.2, 0.25) is 0 Å². The number of nitrogens with one attached hydrogen (secondary N) is 1. The third-order valence-corrected chi connectivity index (χ3v) is 5.62. The first-order chi connectivity index (χ1) is 11.2. The van der Waals surface area contributed by atoms with Gasteiger partial charge < -0.3 is 10.2 Å². The molecule has 11 heteroatoms. The number of sulfonamides is 1. The van der Waals surface area contributed by atoms with Crippen LogP contribution in [0.25, 0.3) is 0 Å². The van der Waals surface area contributed by atoms with Gasteiger partial charge in [0.25, 0.3) is 5.69 Å². The summed E-state index contributed by atoms with van der Waals surface area (Å²) in [4.78, 5) is 23.8. The summed E-state index contributed by atoms with van der Waals surface area (Å²) in [6.45, 7) is 3.34. The third-order valence-electron chi connectivity index (χ3n) is 3.82. The highest BCUT2D eigenvalue weighted by Crippen LogP contribution is 2.20. The number of benzene rings is 1. The second-order valence-electron chi connectivity index (χ2n) is 5.71. The van der Waals surface area contributed by atoms with Gasteiger partial charge in [0, 0.05) is 44.9 Å². The van der Waals surface area contributed by atoms with Gasteiger partial charge in [-0.1, -0.05) is 6.07 Å². The number of nitro groups is 1. The molecule has 1 unspecified atom stereocenters. The number of piperazine rings is 1. The van der Waals surface area contributed by atoms with Crippen LogP contribution in [0.15, 0.2) is 29.2 Å². The largest absolute Gasteiger partial charge is 0.339 e. The molecule has 25 heavy (non-hydrogen) atoms. The van der Waals surface area contributed by atoms with Gasteiger partial charge in [0.2, 0.25) is 15.9 Å². The van der Waals surface area contributed by atoms with E-state index in [2.05, 4.69) is 5.32 Å². The molecule has 1 aliphatic heterocycles. The number of amides is 1. The van der Waals surface area contributed by atoms with E-state index in [0.717, 1.165) is 10.4 Å². The molecule has 2 rings (SSSR count). The van der Waals surface area contributed by atoms with Gasteiger partial charge >= 0.3 is 0 Å². The summed E-state index contributed by atoms with van der Waals surface area (Å²) in [5, 5.41) is 14.0. The molecule has 0 aliphatic carbocycles. The molecule has 0 saturated carbocycles. The normalized spacial score (nSPS) is 17.9. The van der Waals surface area contributed by atoms with E-state index < -0.39 is 14.9 Å². The number of hydrogen-bond acceptors (Lipinski definition) is 6. The van der Waals surface area contributed by atoms with Crippen molar-refractivity contribution in [3.8, 4) is 0 Å². The molecule has 1 aromatic carbocycles. The van der Waals surface area contributed by atoms with Gasteiger partial charge in [0.1, 0.15) is 0 Å². The molecule has 1 saturated heterocycles. The molecule has 1 aromatic rings. The number of rotatable bonds is 5. The second-order valence-corrected chi connectivity index (χ2v) is 7.76. The van der Waals surface area contributed by atoms with Crippen LogP contribution in [0.5, 0.6) is 0 Å². The first-order valence-corrected chi connectivity index (χ1v) is 8.88. The Bertz CT molecular complexity index is 742. The zero-order chi connectivity index (χ0) is 17.9. The molecule has 1 N–H and O–H groups in total. The Morgan fingerprint density at radius 2 is 2.16 bits per heavy atom. The van der Waals surface area contributed by atoms with Gasteiger partial charge in [0.05, 0.1) is 16.4 Å². The van der Waals surface area contributed by atoms with E-state index in [4.69, 9.17) is 0 Å². The number of nitro benzene ring substituents is 1. The molecule has 1 fully saturated rings. The number of hydrogen-bond donors (Lipinski definition) is 1. The maximum Gasteiger partial charge on any atom is 0.270 e. The van der Waals surface area contributed by atoms with Crippen LogP contribution in [0.1, 0.15) is 6.92 Å². The minimum atomic E-state index is -3.98. The molecule has 0 radical (unpaired) electrons. The lowest BCUT2D eigenvalue weighted by atomic mass is 10.2. The predicted octanol–water partition coefficient (Wildman–Crippen LogP) is 0.457. The smallest absolute Gasteiger partial charge is 0.270 e. The van der Waals surface area contributed by atoms with Crippen molar-refractivity contribution in [3.63, 3.8) is 0 Å². The number of carbonyl (C=O) groups is 1. The number of carbonyl (C=O) groups excluding carboxylic acids is 1. The van der Waals surface area contributed by atoms with Gasteiger partial charge in [-0.3, -0.25) is 14.9 Å². The number of non-ortho nitro benzene ring substituents is 1. The fourth-order valence-corrected chi connectivity index (χ4v) is 3.63. The van der Waals surface area contributed by atoms with Crippen molar-refractivity contribution < 1.29 is 18.1 Å². The SMILES string of the molecule is CC1CN(C(=O)CN(C)S(=O)(=O)c2cccc([N+](=O)[O-])c2)CCN1.Cl. The van der Waals surface area contributed by atoms with Crippen LogP contribution in [0.4, 0.5) is 5.69 Å². The second kappa shape index (κ2) is 8.56. The van der Waals surface area contributed by atoms with E-state index in [0.29, 0.717) is 19.6 Å². The van der Waals surface area contributed by atoms with Crippen molar-refractivity contribution in [2.24, 2.45) is 0 Å². The average Bonchev–Trinajstić information content (AvgIpc) is 2.54. The van der Waals surface area contributed by atoms with Crippen LogP contribution in [-0.2, 0) is 14.8 Å². The Labute approximate surface area is 152 Å². The zero-order valence-electron chi connectivity index (χ0n) is 13.9. The summed E-state index contributed by atoms with van der Waals surface area (Å²) in [5.74, 6) is -0.292. The molecule has 1 aliphatic rings. The van der Waals surface area contributed by atoms with Crippen molar-refractivity contribution >= 4 is 34.0 Å². The fourth-order valence-electron chi connectivity index (χ4n) is 2.47. The zero-order valence-corrected chi connectivity index (χ0v) is 15.5. The van der Waals surface area contributed by atoms with Crippen molar-refractivity contribution in [2.45, 2.75) is 17.9 Å². The van der Waals surface area contributed by atoms with Crippen LogP contribution in [0, 0.1) is 10.1 Å². The van der Waals surface area contributed by atoms with Gasteiger partial charge in [-0.2, -0.15) is 4.31 Å². The van der Waals surface area contributed by atoms with Crippen LogP contribution in [0.3, 0.4) is 0 Å². The van der Waals surface area contributed by atoms with Crippen LogP contribution in [-0.4, -0.2) is 67.7 Å². The molecule has 0 spiro atoms. The molecular formula is C14H21ClN4O5S. The van der Waals surface area contributed by atoms with Gasteiger partial charge in [-0.15, -0.1) is 12.4 Å². The molecule has 9 nitrogen and oxygen atoms in total. The summed E-state index contributed by atoms with van der Waals surface area (Å²) < 4.78 is 25.9. The molecule has 0 aromatic heterocycles. The van der Waals surface area contributed by atoms with Gasteiger partial charge in [-0.25, -0.2) is 8.42 Å². The summed E-state index contributed by atoms with van der Waals surface area (Å²) in [5.41, 5.74) is -0.313. The summed E-state index contributed by atoms with van der Waals surface area (Å²) in [6.07, 6.45) is 0. The van der Waals surface area contributed by atoms with Crippen LogP contribution < -0.4 is 5.32 Å². The minimum absolute atomic E-state index is 0. The van der Waals surface area contributed by atoms with E-state index >= 15 is 0 Å². The first-order valence-electron chi connectivity index (χ1n) is 7.44. The van der Waals surface area contributed by atoms with Crippen LogP contribution >= 0.6 is 12.4 Å². The van der Waals surface area contributed by atoms with E-state index in [1.807, 2.05) is 6.92 Å². The maximum absolute atomic E-state index is 12.5. The molecular weight excluding hydrogens is 372 g/mol. The quantitative estimate of drug-likeness (QED) is 0.575. The molecule has 1 heterocycles. The number of nitrogens with zero attached hydrogens (tertiary/aromatic N) is 3. The van der Waals surface area contributed by atoms with Gasteiger partial charge in [-0.05, 0) is 13.0 Å². The predicted molar refractivity (Wildman–Crippen MR) is 94.2 cm³/mol. The first kappa shape index (κ1) is 21.3. The molecule has 1 atom stereocenters. The highest BCUT2D eigenvalue weighted by molar-refractivity contribution is 7.89. The molecule has 0 bridgehead atoms. The van der Waals surface area contributed by atoms with Crippen molar-refractivity contribution in [1.82, 2.24) is 14.5 Å². The Morgan fingerprint density at radius 3 is 2.76 bits per heavy atom. The summed E-state index contributed by atoms with van der Waals surface area (Å²) >= 11 is 0. The van der Waals surface area contributed by atoms with E-state index in [1.165, 1.54) is 25.2 Å². The average molecular weight is 393 g/mol. The topological polar surface area (TPSA) is 113 Å². The monoisotopic (exact) mass is 392 g/mol. The maximum atomic E-state index is 12.5. The van der Waals surface area contributed by atoms with E-state index in [-0.39, 0.29) is 41.5 Å². The molecule has 140 valence electrons. The lowest BCUT2D eigenvalue weighted by Crippen LogP contribution is -2.53. The van der Waals surface area contributed by atoms with Crippen molar-refractivity contribution in [1.29, 1.82) is 0 Å². The van der Waals surface area contributed by atoms with E-state index in [9.17, 15) is 23.3 Å². The summed E-state index contributed by atoms with van der Waals surface area (Å²) in [6, 6.07) is 4.94. The lowest BCUT2D eigenvalue weighted by molar-refractivity contribution is -0.385. The Kier molecular flexibility index (Phi) is 7.29. The number of likely N-dealkylation sites (N-methyl/N-ethyl adjacent to an activating group) is 1. The molecule has 1 amide bonds. The Morgan fingerprint density at radius 1 is 1.48 bits per heavy atom. The van der Waals surface area contributed by atoms with E-state index in [1.54, 1.807) is 4.90 Å². The minimum Gasteiger partial charge on any atom is -0.339 e. The standard InChI is InChI=1S/C14H20N4O5S.ClH/c1-11-9-17(7-6-15-11)14(19)10-16(2)24(22,23)13-5-3-4-12(8-13)18(20)21;/h3-5,8,11,15H,6-7,9-10H2,1-2H3;1H. The van der Waals surface area contributed by atoms with Crippen molar-refractivity contribution in [3.05, 3.63) is 34.4 Å². The van der Waals surface area contributed by atoms with Crippen molar-refractivity contribution in [2.75, 3.05) is 33.2 Å². The third kappa shape index (κ3) is 5.11. The lowest BCUT2D eigenvalue weighted by Gasteiger charge is -2.32. The number of halogens is 1. The fraction of sp³-hybridized carbons (Fsp3) is 0.500. The highest BCUT2D eigenvalue weighted by atomic mass is 35.5.